The molecule has 0 aromatic rings. The van der Waals surface area contributed by atoms with Gasteiger partial charge in [-0.3, -0.25) is 0 Å². The summed E-state index contributed by atoms with van der Waals surface area (Å²) in [5, 5.41) is 0. The summed E-state index contributed by atoms with van der Waals surface area (Å²) in [7, 11) is 0. The van der Waals surface area contributed by atoms with Crippen molar-refractivity contribution < 1.29 is 0 Å². The van der Waals surface area contributed by atoms with Gasteiger partial charge in [0, 0.05) is 0 Å². The summed E-state index contributed by atoms with van der Waals surface area (Å²) in [5.41, 5.74) is 0. The van der Waals surface area contributed by atoms with Crippen LogP contribution in [-0.4, -0.2) is 0 Å². The smallest absolute Gasteiger partial charge is 0.0388 e. The van der Waals surface area contributed by atoms with Gasteiger partial charge in [0.05, 0.1) is 0 Å². The van der Waals surface area contributed by atoms with Gasteiger partial charge in [-0.25, -0.2) is 0 Å². The molecular formula is C17H34. The highest BCUT2D eigenvalue weighted by molar-refractivity contribution is 4.70. The zero-order valence-corrected chi connectivity index (χ0v) is 12.3. The van der Waals surface area contributed by atoms with E-state index in [4.69, 9.17) is 0 Å². The van der Waals surface area contributed by atoms with Gasteiger partial charge in [0.15, 0.2) is 0 Å². The second-order valence-electron chi connectivity index (χ2n) is 6.29. The van der Waals surface area contributed by atoms with Crippen molar-refractivity contribution in [2.24, 2.45) is 11.8 Å². The van der Waals surface area contributed by atoms with Crippen LogP contribution in [0.4, 0.5) is 0 Å². The molecule has 0 saturated heterocycles. The third kappa shape index (κ3) is 7.11. The van der Waals surface area contributed by atoms with Crippen molar-refractivity contribution in [2.75, 3.05) is 0 Å². The summed E-state index contributed by atoms with van der Waals surface area (Å²) >= 11 is 0. The van der Waals surface area contributed by atoms with E-state index in [1.807, 2.05) is 0 Å². The zero-order valence-electron chi connectivity index (χ0n) is 12.3. The molecule has 0 nitrogen and oxygen atoms in total. The molecule has 0 radical (unpaired) electrons. The van der Waals surface area contributed by atoms with Gasteiger partial charge in [0.25, 0.3) is 0 Å². The molecule has 17 heavy (non-hydrogen) atoms. The average Bonchev–Trinajstić information content (AvgIpc) is 2.43. The average molecular weight is 238 g/mol. The first-order valence-electron chi connectivity index (χ1n) is 8.34. The summed E-state index contributed by atoms with van der Waals surface area (Å²) in [6.07, 6.45) is 19.3. The summed E-state index contributed by atoms with van der Waals surface area (Å²) in [4.78, 5) is 0. The number of hydrogen-bond acceptors (Lipinski definition) is 0. The molecule has 0 bridgehead atoms. The summed E-state index contributed by atoms with van der Waals surface area (Å²) in [6.45, 7) is 4.75. The van der Waals surface area contributed by atoms with Crippen LogP contribution < -0.4 is 0 Å². The Morgan fingerprint density at radius 3 is 1.59 bits per heavy atom. The van der Waals surface area contributed by atoms with Crippen LogP contribution in [0.1, 0.15) is 97.3 Å². The van der Waals surface area contributed by atoms with Gasteiger partial charge in [-0.15, -0.1) is 0 Å². The second kappa shape index (κ2) is 9.97. The van der Waals surface area contributed by atoms with Crippen molar-refractivity contribution in [1.29, 1.82) is 0 Å². The molecule has 0 heterocycles. The highest BCUT2D eigenvalue weighted by atomic mass is 14.2. The Morgan fingerprint density at radius 2 is 1.18 bits per heavy atom. The van der Waals surface area contributed by atoms with Crippen LogP contribution in [0.3, 0.4) is 0 Å². The Kier molecular flexibility index (Phi) is 8.83. The molecule has 1 atom stereocenters. The Bertz CT molecular complexity index is 140. The first-order chi connectivity index (χ1) is 8.34. The van der Waals surface area contributed by atoms with Gasteiger partial charge < -0.3 is 0 Å². The Labute approximate surface area is 110 Å². The molecule has 2 aliphatic rings. The normalized spacial score (nSPS) is 23.6. The lowest BCUT2D eigenvalue weighted by molar-refractivity contribution is 0.251. The SMILES string of the molecule is C1CCCCC1.CCCC(C)C1CCCCC1. The molecule has 0 aromatic carbocycles. The highest BCUT2D eigenvalue weighted by Crippen LogP contribution is 2.31. The van der Waals surface area contributed by atoms with Crippen molar-refractivity contribution in [3.63, 3.8) is 0 Å². The lowest BCUT2D eigenvalue weighted by Crippen LogP contribution is -2.14. The van der Waals surface area contributed by atoms with Crippen molar-refractivity contribution in [3.8, 4) is 0 Å². The van der Waals surface area contributed by atoms with Crippen molar-refractivity contribution in [3.05, 3.63) is 0 Å². The van der Waals surface area contributed by atoms with Crippen molar-refractivity contribution in [1.82, 2.24) is 0 Å². The maximum atomic E-state index is 2.44. The molecular weight excluding hydrogens is 204 g/mol. The molecule has 0 amide bonds. The molecule has 0 aromatic heterocycles. The molecule has 0 N–H and O–H groups in total. The van der Waals surface area contributed by atoms with E-state index < -0.39 is 0 Å². The maximum absolute atomic E-state index is 2.44. The van der Waals surface area contributed by atoms with Crippen LogP contribution in [0.5, 0.6) is 0 Å². The fourth-order valence-corrected chi connectivity index (χ4v) is 3.45. The lowest BCUT2D eigenvalue weighted by Gasteiger charge is -2.27. The van der Waals surface area contributed by atoms with Gasteiger partial charge >= 0.3 is 0 Å². The lowest BCUT2D eigenvalue weighted by atomic mass is 9.79. The van der Waals surface area contributed by atoms with E-state index in [0.29, 0.717) is 0 Å². The monoisotopic (exact) mass is 238 g/mol. The predicted octanol–water partition coefficient (Wildman–Crippen LogP) is 6.34. The van der Waals surface area contributed by atoms with Gasteiger partial charge in [-0.2, -0.15) is 0 Å². The molecule has 102 valence electrons. The van der Waals surface area contributed by atoms with E-state index in [9.17, 15) is 0 Å². The van der Waals surface area contributed by atoms with Gasteiger partial charge in [0.1, 0.15) is 0 Å². The summed E-state index contributed by atoms with van der Waals surface area (Å²) in [5.74, 6) is 2.07. The van der Waals surface area contributed by atoms with E-state index in [2.05, 4.69) is 13.8 Å². The number of hydrogen-bond donors (Lipinski definition) is 0. The molecule has 2 fully saturated rings. The van der Waals surface area contributed by atoms with Crippen molar-refractivity contribution >= 4 is 0 Å². The van der Waals surface area contributed by atoms with E-state index >= 15 is 0 Å². The number of rotatable bonds is 3. The maximum Gasteiger partial charge on any atom is -0.0388 e. The summed E-state index contributed by atoms with van der Waals surface area (Å²) in [6, 6.07) is 0. The third-order valence-electron chi connectivity index (χ3n) is 4.70. The summed E-state index contributed by atoms with van der Waals surface area (Å²) < 4.78 is 0. The minimum Gasteiger partial charge on any atom is -0.0654 e. The second-order valence-corrected chi connectivity index (χ2v) is 6.29. The molecule has 2 saturated carbocycles. The zero-order chi connectivity index (χ0) is 12.3. The fraction of sp³-hybridized carbons (Fsp3) is 1.00. The molecule has 2 aliphatic carbocycles. The largest absolute Gasteiger partial charge is 0.0654 e. The van der Waals surface area contributed by atoms with E-state index in [1.54, 1.807) is 0 Å². The predicted molar refractivity (Wildman–Crippen MR) is 78.3 cm³/mol. The first kappa shape index (κ1) is 15.1. The Morgan fingerprint density at radius 1 is 0.765 bits per heavy atom. The third-order valence-corrected chi connectivity index (χ3v) is 4.70. The fourth-order valence-electron chi connectivity index (χ4n) is 3.45. The minimum atomic E-state index is 1.00. The van der Waals surface area contributed by atoms with Crippen LogP contribution in [0.15, 0.2) is 0 Å². The van der Waals surface area contributed by atoms with Crippen LogP contribution in [0, 0.1) is 11.8 Å². The Balaban J connectivity index is 0.000000202. The van der Waals surface area contributed by atoms with Gasteiger partial charge in [0.2, 0.25) is 0 Å². The quantitative estimate of drug-likeness (QED) is 0.538. The topological polar surface area (TPSA) is 0 Å². The highest BCUT2D eigenvalue weighted by Gasteiger charge is 2.18. The molecule has 0 aliphatic heterocycles. The Hall–Kier alpha value is 0. The van der Waals surface area contributed by atoms with Crippen LogP contribution in [-0.2, 0) is 0 Å². The molecule has 1 unspecified atom stereocenters. The molecule has 2 rings (SSSR count). The minimum absolute atomic E-state index is 1.00. The molecule has 0 heteroatoms. The first-order valence-corrected chi connectivity index (χ1v) is 8.34. The van der Waals surface area contributed by atoms with E-state index in [1.165, 1.54) is 83.5 Å². The van der Waals surface area contributed by atoms with Gasteiger partial charge in [-0.1, -0.05) is 97.3 Å². The van der Waals surface area contributed by atoms with E-state index in [0.717, 1.165) is 11.8 Å². The van der Waals surface area contributed by atoms with Crippen LogP contribution in [0.2, 0.25) is 0 Å². The standard InChI is InChI=1S/C11H22.C6H12/c1-3-7-10(2)11-8-5-4-6-9-11;1-2-4-6-5-3-1/h10-11H,3-9H2,1-2H3;1-6H2. The van der Waals surface area contributed by atoms with E-state index in [-0.39, 0.29) is 0 Å². The van der Waals surface area contributed by atoms with Crippen molar-refractivity contribution in [2.45, 2.75) is 97.3 Å². The van der Waals surface area contributed by atoms with Crippen LogP contribution >= 0.6 is 0 Å². The van der Waals surface area contributed by atoms with Crippen LogP contribution in [0.25, 0.3) is 0 Å². The van der Waals surface area contributed by atoms with Gasteiger partial charge in [-0.05, 0) is 11.8 Å². The molecule has 0 spiro atoms.